The van der Waals surface area contributed by atoms with Crippen LogP contribution in [0.25, 0.3) is 0 Å². The van der Waals surface area contributed by atoms with E-state index in [0.717, 1.165) is 23.5 Å². The largest absolute Gasteiger partial charge is 0.455 e. The van der Waals surface area contributed by atoms with Crippen molar-refractivity contribution < 1.29 is 22.6 Å². The summed E-state index contributed by atoms with van der Waals surface area (Å²) in [5, 5.41) is 22.8. The van der Waals surface area contributed by atoms with Gasteiger partial charge in [0.15, 0.2) is 5.75 Å². The first-order valence-electron chi connectivity index (χ1n) is 12.1. The number of hydrogen-bond acceptors (Lipinski definition) is 9. The molecular weight excluding hydrogens is 510 g/mol. The molecule has 0 spiro atoms. The van der Waals surface area contributed by atoms with Gasteiger partial charge in [-0.05, 0) is 63.1 Å². The fourth-order valence-electron chi connectivity index (χ4n) is 3.70. The topological polar surface area (TPSA) is 147 Å². The van der Waals surface area contributed by atoms with Gasteiger partial charge in [-0.1, -0.05) is 6.07 Å². The van der Waals surface area contributed by atoms with Gasteiger partial charge in [0.1, 0.15) is 11.4 Å². The molecule has 0 radical (unpaired) electrons. The maximum absolute atomic E-state index is 11.1. The Morgan fingerprint density at radius 1 is 1.05 bits per heavy atom. The van der Waals surface area contributed by atoms with Gasteiger partial charge in [-0.2, -0.15) is 13.5 Å². The lowest BCUT2D eigenvalue weighted by molar-refractivity contribution is -0.384. The molecule has 3 aromatic rings. The maximum Gasteiger partial charge on any atom is 0.269 e. The quantitative estimate of drug-likeness (QED) is 0.106. The molecule has 0 aliphatic carbocycles. The zero-order valence-electron chi connectivity index (χ0n) is 21.5. The van der Waals surface area contributed by atoms with Crippen LogP contribution in [0.4, 0.5) is 28.4 Å². The molecule has 0 amide bonds. The maximum atomic E-state index is 11.1. The minimum atomic E-state index is -4.04. The van der Waals surface area contributed by atoms with E-state index in [-0.39, 0.29) is 17.9 Å². The first-order chi connectivity index (χ1) is 18.1. The normalized spacial score (nSPS) is 11.5. The van der Waals surface area contributed by atoms with E-state index >= 15 is 0 Å². The molecule has 0 saturated carbocycles. The number of aryl methyl sites for hydroxylation is 1. The molecule has 0 aromatic heterocycles. The Bertz CT molecular complexity index is 1390. The third kappa shape index (κ3) is 8.25. The molecule has 0 fully saturated rings. The monoisotopic (exact) mass is 541 g/mol. The predicted octanol–water partition coefficient (Wildman–Crippen LogP) is 6.65. The average molecular weight is 542 g/mol. The van der Waals surface area contributed by atoms with Crippen LogP contribution < -0.4 is 15.0 Å². The molecule has 0 saturated heterocycles. The Morgan fingerprint density at radius 2 is 1.79 bits per heavy atom. The van der Waals surface area contributed by atoms with Crippen molar-refractivity contribution in [3.63, 3.8) is 0 Å². The summed E-state index contributed by atoms with van der Waals surface area (Å²) in [5.41, 5.74) is 3.63. The van der Waals surface area contributed by atoms with Gasteiger partial charge >= 0.3 is 0 Å². The SMILES string of the molecule is CCNc1cc(Oc2cc(N(CC)CCCS(=O)(=O)O)ccc2/N=N/c2ccc([N+](=O)[O-])cc2)ccc1C. The second kappa shape index (κ2) is 13.0. The number of nitrogens with one attached hydrogen (secondary N) is 1. The first-order valence-corrected chi connectivity index (χ1v) is 13.7. The summed E-state index contributed by atoms with van der Waals surface area (Å²) in [4.78, 5) is 12.4. The number of benzene rings is 3. The third-order valence-electron chi connectivity index (χ3n) is 5.66. The molecule has 0 atom stereocenters. The minimum Gasteiger partial charge on any atom is -0.455 e. The van der Waals surface area contributed by atoms with Crippen molar-refractivity contribution >= 4 is 38.6 Å². The molecule has 0 heterocycles. The van der Waals surface area contributed by atoms with Crippen LogP contribution in [0, 0.1) is 17.0 Å². The number of nitro benzene ring substituents is 1. The number of non-ortho nitro benzene ring substituents is 1. The molecule has 3 rings (SSSR count). The predicted molar refractivity (Wildman–Crippen MR) is 148 cm³/mol. The molecule has 0 aliphatic rings. The number of nitrogens with zero attached hydrogens (tertiary/aromatic N) is 4. The molecule has 202 valence electrons. The van der Waals surface area contributed by atoms with Crippen molar-refractivity contribution in [2.75, 3.05) is 35.6 Å². The van der Waals surface area contributed by atoms with E-state index in [1.54, 1.807) is 12.1 Å². The molecule has 38 heavy (non-hydrogen) atoms. The van der Waals surface area contributed by atoms with Crippen molar-refractivity contribution in [3.8, 4) is 11.5 Å². The lowest BCUT2D eigenvalue weighted by Crippen LogP contribution is -2.25. The number of ether oxygens (including phenoxy) is 1. The Labute approximate surface area is 222 Å². The molecule has 0 unspecified atom stereocenters. The van der Waals surface area contributed by atoms with Gasteiger partial charge in [0, 0.05) is 55.3 Å². The van der Waals surface area contributed by atoms with Crippen LogP contribution in [-0.2, 0) is 10.1 Å². The van der Waals surface area contributed by atoms with Crippen molar-refractivity contribution in [2.45, 2.75) is 27.2 Å². The fourth-order valence-corrected chi connectivity index (χ4v) is 4.19. The number of nitro groups is 1. The van der Waals surface area contributed by atoms with E-state index in [1.807, 2.05) is 49.9 Å². The van der Waals surface area contributed by atoms with Gasteiger partial charge in [0.25, 0.3) is 15.8 Å². The van der Waals surface area contributed by atoms with E-state index in [1.165, 1.54) is 24.3 Å². The van der Waals surface area contributed by atoms with Crippen molar-refractivity contribution in [3.05, 3.63) is 76.3 Å². The van der Waals surface area contributed by atoms with Crippen LogP contribution in [0.2, 0.25) is 0 Å². The van der Waals surface area contributed by atoms with Gasteiger partial charge in [-0.15, -0.1) is 5.11 Å². The summed E-state index contributed by atoms with van der Waals surface area (Å²) in [7, 11) is -4.04. The second-order valence-corrected chi connectivity index (χ2v) is 10.0. The number of rotatable bonds is 13. The van der Waals surface area contributed by atoms with Crippen LogP contribution >= 0.6 is 0 Å². The number of hydrogen-bond donors (Lipinski definition) is 2. The summed E-state index contributed by atoms with van der Waals surface area (Å²) in [6.45, 7) is 7.72. The highest BCUT2D eigenvalue weighted by Gasteiger charge is 2.13. The van der Waals surface area contributed by atoms with Crippen LogP contribution in [0.3, 0.4) is 0 Å². The first kappa shape index (κ1) is 28.5. The second-order valence-electron chi connectivity index (χ2n) is 8.45. The third-order valence-corrected chi connectivity index (χ3v) is 6.46. The number of anilines is 2. The van der Waals surface area contributed by atoms with Crippen LogP contribution in [0.1, 0.15) is 25.8 Å². The lowest BCUT2D eigenvalue weighted by atomic mass is 10.2. The van der Waals surface area contributed by atoms with Crippen molar-refractivity contribution in [1.29, 1.82) is 0 Å². The van der Waals surface area contributed by atoms with Gasteiger partial charge in [-0.25, -0.2) is 0 Å². The van der Waals surface area contributed by atoms with E-state index in [2.05, 4.69) is 15.5 Å². The zero-order chi connectivity index (χ0) is 27.7. The smallest absolute Gasteiger partial charge is 0.269 e. The van der Waals surface area contributed by atoms with E-state index in [0.29, 0.717) is 36.0 Å². The Kier molecular flexibility index (Phi) is 9.74. The van der Waals surface area contributed by atoms with E-state index < -0.39 is 15.0 Å². The summed E-state index contributed by atoms with van der Waals surface area (Å²) in [6, 6.07) is 16.8. The van der Waals surface area contributed by atoms with Crippen molar-refractivity contribution in [1.82, 2.24) is 0 Å². The molecule has 0 aliphatic heterocycles. The highest BCUT2D eigenvalue weighted by atomic mass is 32.2. The molecular formula is C26H31N5O6S. The fraction of sp³-hybridized carbons (Fsp3) is 0.308. The molecule has 12 heteroatoms. The van der Waals surface area contributed by atoms with Crippen LogP contribution in [0.15, 0.2) is 70.9 Å². The summed E-state index contributed by atoms with van der Waals surface area (Å²) in [5.74, 6) is 0.683. The molecule has 3 aromatic carbocycles. The average Bonchev–Trinajstić information content (AvgIpc) is 2.87. The number of azo groups is 1. The van der Waals surface area contributed by atoms with Crippen LogP contribution in [-0.4, -0.2) is 43.3 Å². The molecule has 0 bridgehead atoms. The lowest BCUT2D eigenvalue weighted by Gasteiger charge is -2.24. The van der Waals surface area contributed by atoms with Gasteiger partial charge < -0.3 is 15.0 Å². The van der Waals surface area contributed by atoms with Crippen molar-refractivity contribution in [2.24, 2.45) is 10.2 Å². The van der Waals surface area contributed by atoms with Gasteiger partial charge in [0.2, 0.25) is 0 Å². The Hall–Kier alpha value is -4.03. The van der Waals surface area contributed by atoms with Gasteiger partial charge in [-0.3, -0.25) is 14.7 Å². The zero-order valence-corrected chi connectivity index (χ0v) is 22.3. The highest BCUT2D eigenvalue weighted by molar-refractivity contribution is 7.85. The molecule has 2 N–H and O–H groups in total. The Morgan fingerprint density at radius 3 is 2.42 bits per heavy atom. The Balaban J connectivity index is 1.94. The van der Waals surface area contributed by atoms with E-state index in [9.17, 15) is 18.5 Å². The van der Waals surface area contributed by atoms with E-state index in [4.69, 9.17) is 9.29 Å². The minimum absolute atomic E-state index is 0.0400. The molecule has 11 nitrogen and oxygen atoms in total. The standard InChI is InChI=1S/C26H31N5O6S/c1-4-27-25-18-23(13-7-19(25)3)37-26-17-22(30(5-2)15-6-16-38(34,35)36)12-14-24(26)29-28-20-8-10-21(11-9-20)31(32)33/h7-14,17-18,27H,4-6,15-16H2,1-3H3,(H,34,35,36)/b29-28+. The summed E-state index contributed by atoms with van der Waals surface area (Å²) in [6.07, 6.45) is 0.258. The van der Waals surface area contributed by atoms with Crippen LogP contribution in [0.5, 0.6) is 11.5 Å². The summed E-state index contributed by atoms with van der Waals surface area (Å²) >= 11 is 0. The van der Waals surface area contributed by atoms with Gasteiger partial charge in [0.05, 0.1) is 16.4 Å². The summed E-state index contributed by atoms with van der Waals surface area (Å²) < 4.78 is 37.6. The highest BCUT2D eigenvalue weighted by Crippen LogP contribution is 2.37.